The van der Waals surface area contributed by atoms with Crippen LogP contribution in [0.1, 0.15) is 31.9 Å². The van der Waals surface area contributed by atoms with Crippen LogP contribution in [-0.2, 0) is 4.79 Å². The molecule has 0 radical (unpaired) electrons. The van der Waals surface area contributed by atoms with Gasteiger partial charge in [0.25, 0.3) is 0 Å². The maximum atomic E-state index is 12.6. The van der Waals surface area contributed by atoms with E-state index in [0.717, 1.165) is 0 Å². The Labute approximate surface area is 110 Å². The van der Waals surface area contributed by atoms with Gasteiger partial charge in [0, 0.05) is 6.04 Å². The van der Waals surface area contributed by atoms with Crippen LogP contribution in [0.3, 0.4) is 0 Å². The number of benzene rings is 1. The van der Waals surface area contributed by atoms with Gasteiger partial charge in [-0.2, -0.15) is 13.2 Å². The van der Waals surface area contributed by atoms with E-state index in [1.54, 1.807) is 30.3 Å². The minimum Gasteiger partial charge on any atom is -0.368 e. The van der Waals surface area contributed by atoms with Crippen LogP contribution < -0.4 is 11.1 Å². The molecule has 1 unspecified atom stereocenters. The van der Waals surface area contributed by atoms with Crippen molar-refractivity contribution in [2.75, 3.05) is 0 Å². The molecule has 6 heteroatoms. The highest BCUT2D eigenvalue weighted by Gasteiger charge is 2.36. The van der Waals surface area contributed by atoms with Gasteiger partial charge in [0.1, 0.15) is 0 Å². The number of halogens is 3. The van der Waals surface area contributed by atoms with Crippen LogP contribution in [-0.4, -0.2) is 17.6 Å². The van der Waals surface area contributed by atoms with Crippen molar-refractivity contribution < 1.29 is 18.0 Å². The standard InChI is InChI=1S/C13H17F3N2O/c1-12(2,11(17)19)18-10(8-13(14,15)16)9-6-4-3-5-7-9/h3-7,10,18H,8H2,1-2H3,(H2,17,19). The molecule has 1 aromatic carbocycles. The first kappa shape index (κ1) is 15.5. The fourth-order valence-electron chi connectivity index (χ4n) is 1.68. The number of rotatable bonds is 5. The number of amides is 1. The molecule has 0 aliphatic rings. The molecule has 0 saturated carbocycles. The Hall–Kier alpha value is -1.56. The van der Waals surface area contributed by atoms with Crippen molar-refractivity contribution in [1.82, 2.24) is 5.32 Å². The maximum Gasteiger partial charge on any atom is 0.390 e. The SMILES string of the molecule is CC(C)(NC(CC(F)(F)F)c1ccccc1)C(N)=O. The Morgan fingerprint density at radius 1 is 1.26 bits per heavy atom. The summed E-state index contributed by atoms with van der Waals surface area (Å²) in [6, 6.07) is 7.17. The number of alkyl halides is 3. The maximum absolute atomic E-state index is 12.6. The fourth-order valence-corrected chi connectivity index (χ4v) is 1.68. The minimum absolute atomic E-state index is 0.467. The number of carbonyl (C=O) groups is 1. The zero-order valence-electron chi connectivity index (χ0n) is 10.8. The third kappa shape index (κ3) is 4.90. The topological polar surface area (TPSA) is 55.1 Å². The van der Waals surface area contributed by atoms with E-state index >= 15 is 0 Å². The molecule has 0 spiro atoms. The molecule has 0 aromatic heterocycles. The van der Waals surface area contributed by atoms with E-state index in [4.69, 9.17) is 5.73 Å². The fraction of sp³-hybridized carbons (Fsp3) is 0.462. The first-order chi connectivity index (χ1) is 8.62. The average molecular weight is 274 g/mol. The summed E-state index contributed by atoms with van der Waals surface area (Å²) in [6.07, 6.45) is -5.39. The van der Waals surface area contributed by atoms with Crippen molar-refractivity contribution in [1.29, 1.82) is 0 Å². The predicted octanol–water partition coefficient (Wildman–Crippen LogP) is 2.53. The number of nitrogens with two attached hydrogens (primary N) is 1. The Bertz CT molecular complexity index is 429. The monoisotopic (exact) mass is 274 g/mol. The number of primary amides is 1. The van der Waals surface area contributed by atoms with Gasteiger partial charge >= 0.3 is 6.18 Å². The highest BCUT2D eigenvalue weighted by molar-refractivity contribution is 5.83. The van der Waals surface area contributed by atoms with Crippen LogP contribution in [0.2, 0.25) is 0 Å². The molecule has 1 rings (SSSR count). The molecule has 3 nitrogen and oxygen atoms in total. The van der Waals surface area contributed by atoms with Crippen LogP contribution in [0.4, 0.5) is 13.2 Å². The summed E-state index contributed by atoms with van der Waals surface area (Å²) in [4.78, 5) is 11.2. The second kappa shape index (κ2) is 5.61. The molecular formula is C13H17F3N2O. The van der Waals surface area contributed by atoms with E-state index in [0.29, 0.717) is 5.56 Å². The van der Waals surface area contributed by atoms with Gasteiger partial charge in [0.05, 0.1) is 12.0 Å². The Balaban J connectivity index is 2.97. The molecule has 0 aliphatic heterocycles. The zero-order valence-corrected chi connectivity index (χ0v) is 10.8. The Morgan fingerprint density at radius 2 is 1.79 bits per heavy atom. The lowest BCUT2D eigenvalue weighted by molar-refractivity contribution is -0.143. The van der Waals surface area contributed by atoms with Gasteiger partial charge in [0.15, 0.2) is 0 Å². The molecule has 1 aromatic rings. The van der Waals surface area contributed by atoms with Crippen LogP contribution in [0, 0.1) is 0 Å². The third-order valence-corrected chi connectivity index (χ3v) is 2.79. The average Bonchev–Trinajstić information content (AvgIpc) is 2.27. The van der Waals surface area contributed by atoms with Crippen LogP contribution in [0.25, 0.3) is 0 Å². The highest BCUT2D eigenvalue weighted by Crippen LogP contribution is 2.30. The lowest BCUT2D eigenvalue weighted by Gasteiger charge is -2.30. The van der Waals surface area contributed by atoms with Gasteiger partial charge in [-0.25, -0.2) is 0 Å². The van der Waals surface area contributed by atoms with E-state index in [-0.39, 0.29) is 0 Å². The molecular weight excluding hydrogens is 257 g/mol. The summed E-state index contributed by atoms with van der Waals surface area (Å²) in [6.45, 7) is 2.92. The van der Waals surface area contributed by atoms with Crippen LogP contribution in [0.5, 0.6) is 0 Å². The van der Waals surface area contributed by atoms with Crippen LogP contribution in [0.15, 0.2) is 30.3 Å². The number of hydrogen-bond donors (Lipinski definition) is 2. The van der Waals surface area contributed by atoms with E-state index < -0.39 is 30.1 Å². The summed E-state index contributed by atoms with van der Waals surface area (Å²) in [5.41, 5.74) is 4.43. The van der Waals surface area contributed by atoms with E-state index in [1.807, 2.05) is 0 Å². The highest BCUT2D eigenvalue weighted by atomic mass is 19.4. The van der Waals surface area contributed by atoms with E-state index in [1.165, 1.54) is 13.8 Å². The lowest BCUT2D eigenvalue weighted by Crippen LogP contribution is -2.52. The van der Waals surface area contributed by atoms with E-state index in [2.05, 4.69) is 5.32 Å². The molecule has 0 saturated heterocycles. The molecule has 0 aliphatic carbocycles. The number of nitrogens with one attached hydrogen (secondary N) is 1. The summed E-state index contributed by atoms with van der Waals surface area (Å²) >= 11 is 0. The van der Waals surface area contributed by atoms with Crippen molar-refractivity contribution in [3.05, 3.63) is 35.9 Å². The van der Waals surface area contributed by atoms with Crippen molar-refractivity contribution in [2.24, 2.45) is 5.73 Å². The van der Waals surface area contributed by atoms with Crippen LogP contribution >= 0.6 is 0 Å². The minimum atomic E-state index is -4.33. The van der Waals surface area contributed by atoms with Crippen molar-refractivity contribution in [3.8, 4) is 0 Å². The van der Waals surface area contributed by atoms with Crippen molar-refractivity contribution >= 4 is 5.91 Å². The Kier molecular flexibility index (Phi) is 4.57. The number of hydrogen-bond acceptors (Lipinski definition) is 2. The third-order valence-electron chi connectivity index (χ3n) is 2.79. The molecule has 19 heavy (non-hydrogen) atoms. The second-order valence-electron chi connectivity index (χ2n) is 4.92. The summed E-state index contributed by atoms with van der Waals surface area (Å²) in [5, 5.41) is 2.67. The Morgan fingerprint density at radius 3 is 2.21 bits per heavy atom. The first-order valence-electron chi connectivity index (χ1n) is 5.81. The predicted molar refractivity (Wildman–Crippen MR) is 66.3 cm³/mol. The molecule has 106 valence electrons. The zero-order chi connectivity index (χ0) is 14.7. The van der Waals surface area contributed by atoms with Gasteiger partial charge in [-0.15, -0.1) is 0 Å². The lowest BCUT2D eigenvalue weighted by atomic mass is 9.97. The normalized spacial score (nSPS) is 14.2. The smallest absolute Gasteiger partial charge is 0.368 e. The molecule has 1 atom stereocenters. The molecule has 3 N–H and O–H groups in total. The van der Waals surface area contributed by atoms with Gasteiger partial charge in [-0.3, -0.25) is 10.1 Å². The molecule has 0 heterocycles. The van der Waals surface area contributed by atoms with Gasteiger partial charge < -0.3 is 5.73 Å². The van der Waals surface area contributed by atoms with Crippen molar-refractivity contribution in [3.63, 3.8) is 0 Å². The second-order valence-corrected chi connectivity index (χ2v) is 4.92. The van der Waals surface area contributed by atoms with Gasteiger partial charge in [-0.1, -0.05) is 30.3 Å². The largest absolute Gasteiger partial charge is 0.390 e. The van der Waals surface area contributed by atoms with Gasteiger partial charge in [0.2, 0.25) is 5.91 Å². The van der Waals surface area contributed by atoms with Crippen molar-refractivity contribution in [2.45, 2.75) is 38.0 Å². The number of carbonyl (C=O) groups excluding carboxylic acids is 1. The molecule has 0 fully saturated rings. The molecule has 1 amide bonds. The van der Waals surface area contributed by atoms with Gasteiger partial charge in [-0.05, 0) is 19.4 Å². The first-order valence-corrected chi connectivity index (χ1v) is 5.81. The molecule has 0 bridgehead atoms. The summed E-state index contributed by atoms with van der Waals surface area (Å²) in [5.74, 6) is -0.699. The summed E-state index contributed by atoms with van der Waals surface area (Å²) in [7, 11) is 0. The van der Waals surface area contributed by atoms with E-state index in [9.17, 15) is 18.0 Å². The quantitative estimate of drug-likeness (QED) is 0.867. The summed E-state index contributed by atoms with van der Waals surface area (Å²) < 4.78 is 37.8.